The third kappa shape index (κ3) is 2.06. The fourth-order valence-corrected chi connectivity index (χ4v) is 2.96. The normalized spacial score (nSPS) is 32.8. The van der Waals surface area contributed by atoms with Crippen LogP contribution in [0.1, 0.15) is 50.2 Å². The molecule has 1 aromatic heterocycles. The van der Waals surface area contributed by atoms with E-state index in [-0.39, 0.29) is 5.41 Å². The minimum atomic E-state index is 0.0446. The Morgan fingerprint density at radius 1 is 1.50 bits per heavy atom. The Bertz CT molecular complexity index is 393. The van der Waals surface area contributed by atoms with Crippen LogP contribution in [0.2, 0.25) is 0 Å². The van der Waals surface area contributed by atoms with Crippen LogP contribution >= 0.6 is 0 Å². The average molecular weight is 251 g/mol. The number of rotatable bonds is 3. The van der Waals surface area contributed by atoms with E-state index in [1.54, 1.807) is 0 Å². The van der Waals surface area contributed by atoms with Crippen LogP contribution in [0.15, 0.2) is 4.52 Å². The molecule has 5 heteroatoms. The lowest BCUT2D eigenvalue weighted by molar-refractivity contribution is 0.192. The second-order valence-electron chi connectivity index (χ2n) is 5.43. The maximum absolute atomic E-state index is 5.55. The van der Waals surface area contributed by atoms with E-state index < -0.39 is 0 Å². The molecule has 100 valence electrons. The molecular formula is C13H21N3O2. The van der Waals surface area contributed by atoms with Gasteiger partial charge in [-0.25, -0.2) is 0 Å². The largest absolute Gasteiger partial charge is 0.381 e. The van der Waals surface area contributed by atoms with Gasteiger partial charge in [0.15, 0.2) is 5.82 Å². The highest BCUT2D eigenvalue weighted by atomic mass is 16.5. The Morgan fingerprint density at radius 2 is 2.44 bits per heavy atom. The van der Waals surface area contributed by atoms with Crippen LogP contribution in [0.5, 0.6) is 0 Å². The van der Waals surface area contributed by atoms with Crippen LogP contribution < -0.4 is 5.32 Å². The molecule has 1 N–H and O–H groups in total. The van der Waals surface area contributed by atoms with Crippen molar-refractivity contribution < 1.29 is 9.26 Å². The summed E-state index contributed by atoms with van der Waals surface area (Å²) in [4.78, 5) is 4.66. The molecule has 2 aliphatic rings. The first-order valence-corrected chi connectivity index (χ1v) is 6.96. The van der Waals surface area contributed by atoms with Crippen molar-refractivity contribution in [1.82, 2.24) is 15.5 Å². The van der Waals surface area contributed by atoms with Crippen LogP contribution in [0.4, 0.5) is 0 Å². The van der Waals surface area contributed by atoms with Gasteiger partial charge in [-0.1, -0.05) is 12.1 Å². The highest BCUT2D eigenvalue weighted by Gasteiger charge is 2.38. The van der Waals surface area contributed by atoms with Crippen LogP contribution in [-0.2, 0) is 10.2 Å². The number of hydrogen-bond acceptors (Lipinski definition) is 5. The first-order chi connectivity index (χ1) is 8.84. The van der Waals surface area contributed by atoms with E-state index in [2.05, 4.69) is 22.4 Å². The molecule has 1 aromatic rings. The van der Waals surface area contributed by atoms with Crippen molar-refractivity contribution in [2.45, 2.75) is 43.9 Å². The van der Waals surface area contributed by atoms with Crippen molar-refractivity contribution in [3.8, 4) is 0 Å². The monoisotopic (exact) mass is 251 g/mol. The number of aromatic nitrogens is 2. The molecule has 0 radical (unpaired) electrons. The zero-order valence-electron chi connectivity index (χ0n) is 10.9. The third-order valence-electron chi connectivity index (χ3n) is 4.34. The Kier molecular flexibility index (Phi) is 3.35. The maximum atomic E-state index is 5.55. The van der Waals surface area contributed by atoms with Gasteiger partial charge in [-0.2, -0.15) is 4.98 Å². The Balaban J connectivity index is 1.82. The van der Waals surface area contributed by atoms with Crippen molar-refractivity contribution in [2.75, 3.05) is 26.3 Å². The van der Waals surface area contributed by atoms with Gasteiger partial charge in [0, 0.05) is 19.1 Å². The molecule has 0 spiro atoms. The van der Waals surface area contributed by atoms with Crippen molar-refractivity contribution in [1.29, 1.82) is 0 Å². The molecule has 0 saturated carbocycles. The summed E-state index contributed by atoms with van der Waals surface area (Å²) in [5.74, 6) is 1.98. The van der Waals surface area contributed by atoms with Gasteiger partial charge in [0.25, 0.3) is 0 Å². The van der Waals surface area contributed by atoms with E-state index >= 15 is 0 Å². The molecule has 2 atom stereocenters. The predicted molar refractivity (Wildman–Crippen MR) is 66.5 cm³/mol. The predicted octanol–water partition coefficient (Wildman–Crippen LogP) is 1.60. The van der Waals surface area contributed by atoms with E-state index in [0.717, 1.165) is 57.3 Å². The summed E-state index contributed by atoms with van der Waals surface area (Å²) in [5.41, 5.74) is 0.0446. The van der Waals surface area contributed by atoms with Crippen LogP contribution in [0.3, 0.4) is 0 Å². The van der Waals surface area contributed by atoms with Gasteiger partial charge in [0.2, 0.25) is 5.89 Å². The lowest BCUT2D eigenvalue weighted by Gasteiger charge is -2.33. The molecule has 0 bridgehead atoms. The lowest BCUT2D eigenvalue weighted by Crippen LogP contribution is -2.43. The van der Waals surface area contributed by atoms with Crippen molar-refractivity contribution in [3.63, 3.8) is 0 Å². The summed E-state index contributed by atoms with van der Waals surface area (Å²) in [5, 5.41) is 7.62. The quantitative estimate of drug-likeness (QED) is 0.884. The zero-order chi connectivity index (χ0) is 12.4. The number of hydrogen-bond donors (Lipinski definition) is 1. The highest BCUT2D eigenvalue weighted by Crippen LogP contribution is 2.34. The van der Waals surface area contributed by atoms with Crippen LogP contribution in [0, 0.1) is 0 Å². The molecule has 0 aliphatic carbocycles. The summed E-state index contributed by atoms with van der Waals surface area (Å²) >= 11 is 0. The Hall–Kier alpha value is -0.940. The molecule has 3 heterocycles. The third-order valence-corrected chi connectivity index (χ3v) is 4.34. The van der Waals surface area contributed by atoms with Gasteiger partial charge in [0.1, 0.15) is 0 Å². The molecule has 3 rings (SSSR count). The smallest absolute Gasteiger partial charge is 0.234 e. The molecule has 5 nitrogen and oxygen atoms in total. The first kappa shape index (κ1) is 12.1. The molecule has 0 aromatic carbocycles. The second-order valence-corrected chi connectivity index (χ2v) is 5.43. The number of ether oxygens (including phenoxy) is 1. The van der Waals surface area contributed by atoms with Gasteiger partial charge in [0.05, 0.1) is 12.0 Å². The van der Waals surface area contributed by atoms with Crippen molar-refractivity contribution in [3.05, 3.63) is 11.7 Å². The first-order valence-electron chi connectivity index (χ1n) is 6.96. The fourth-order valence-electron chi connectivity index (χ4n) is 2.96. The minimum Gasteiger partial charge on any atom is -0.381 e. The summed E-state index contributed by atoms with van der Waals surface area (Å²) in [6.45, 7) is 5.80. The van der Waals surface area contributed by atoms with Crippen molar-refractivity contribution in [2.24, 2.45) is 0 Å². The van der Waals surface area contributed by atoms with Gasteiger partial charge in [-0.3, -0.25) is 0 Å². The zero-order valence-corrected chi connectivity index (χ0v) is 10.9. The molecule has 2 saturated heterocycles. The van der Waals surface area contributed by atoms with E-state index in [1.807, 2.05) is 0 Å². The molecule has 18 heavy (non-hydrogen) atoms. The van der Waals surface area contributed by atoms with E-state index in [9.17, 15) is 0 Å². The lowest BCUT2D eigenvalue weighted by atomic mass is 9.78. The van der Waals surface area contributed by atoms with Crippen molar-refractivity contribution >= 4 is 0 Å². The molecule has 2 aliphatic heterocycles. The molecular weight excluding hydrogens is 230 g/mol. The van der Waals surface area contributed by atoms with Gasteiger partial charge in [-0.15, -0.1) is 0 Å². The summed E-state index contributed by atoms with van der Waals surface area (Å²) in [6, 6.07) is 0. The van der Waals surface area contributed by atoms with Gasteiger partial charge >= 0.3 is 0 Å². The number of piperidine rings is 1. The summed E-state index contributed by atoms with van der Waals surface area (Å²) in [6.07, 6.45) is 4.37. The Labute approximate surface area is 107 Å². The molecule has 2 fully saturated rings. The van der Waals surface area contributed by atoms with Crippen LogP contribution in [0.25, 0.3) is 0 Å². The summed E-state index contributed by atoms with van der Waals surface area (Å²) < 4.78 is 10.9. The number of nitrogens with zero attached hydrogens (tertiary/aromatic N) is 2. The highest BCUT2D eigenvalue weighted by molar-refractivity contribution is 5.10. The summed E-state index contributed by atoms with van der Waals surface area (Å²) in [7, 11) is 0. The van der Waals surface area contributed by atoms with Gasteiger partial charge in [-0.05, 0) is 32.2 Å². The SMILES string of the molecule is CCC1(c2nc(C3CCOC3)no2)CCCNC1. The van der Waals surface area contributed by atoms with Crippen LogP contribution in [-0.4, -0.2) is 36.4 Å². The van der Waals surface area contributed by atoms with Gasteiger partial charge < -0.3 is 14.6 Å². The second kappa shape index (κ2) is 4.97. The standard InChI is InChI=1S/C13H21N3O2/c1-2-13(5-3-6-14-9-13)12-15-11(16-18-12)10-4-7-17-8-10/h10,14H,2-9H2,1H3. The Morgan fingerprint density at radius 3 is 3.11 bits per heavy atom. The maximum Gasteiger partial charge on any atom is 0.234 e. The van der Waals surface area contributed by atoms with E-state index in [0.29, 0.717) is 5.92 Å². The topological polar surface area (TPSA) is 60.2 Å². The molecule has 0 amide bonds. The molecule has 2 unspecified atom stereocenters. The number of nitrogens with one attached hydrogen (secondary N) is 1. The minimum absolute atomic E-state index is 0.0446. The van der Waals surface area contributed by atoms with E-state index in [4.69, 9.17) is 9.26 Å². The van der Waals surface area contributed by atoms with E-state index in [1.165, 1.54) is 6.42 Å². The average Bonchev–Trinajstić information content (AvgIpc) is 3.10. The fraction of sp³-hybridized carbons (Fsp3) is 0.846.